The van der Waals surface area contributed by atoms with Crippen LogP contribution in [0.1, 0.15) is 17.3 Å². The fourth-order valence-electron chi connectivity index (χ4n) is 2.50. The summed E-state index contributed by atoms with van der Waals surface area (Å²) in [5.41, 5.74) is 2.58. The van der Waals surface area contributed by atoms with Crippen molar-refractivity contribution in [3.05, 3.63) is 60.2 Å². The zero-order chi connectivity index (χ0) is 17.8. The minimum Gasteiger partial charge on any atom is -0.497 e. The highest BCUT2D eigenvalue weighted by Gasteiger charge is 2.17. The summed E-state index contributed by atoms with van der Waals surface area (Å²) in [5, 5.41) is 9.56. The lowest BCUT2D eigenvalue weighted by Gasteiger charge is -2.11. The van der Waals surface area contributed by atoms with E-state index in [0.717, 1.165) is 11.3 Å². The van der Waals surface area contributed by atoms with Crippen molar-refractivity contribution in [2.45, 2.75) is 13.0 Å². The van der Waals surface area contributed by atoms with Gasteiger partial charge in [-0.05, 0) is 43.3 Å². The first-order valence-electron chi connectivity index (χ1n) is 7.77. The maximum Gasteiger partial charge on any atom is 0.340 e. The zero-order valence-electron chi connectivity index (χ0n) is 13.9. The zero-order valence-corrected chi connectivity index (χ0v) is 13.9. The normalized spacial score (nSPS) is 11.6. The van der Waals surface area contributed by atoms with Crippen LogP contribution in [-0.2, 0) is 4.74 Å². The molecule has 1 heterocycles. The van der Waals surface area contributed by atoms with Gasteiger partial charge in [-0.15, -0.1) is 0 Å². The third kappa shape index (κ3) is 3.43. The summed E-state index contributed by atoms with van der Waals surface area (Å²) >= 11 is 0. The standard InChI is InChI=1S/C20H16N2O3/c1-13(12-21)25-20(23)17-11-19(14-7-9-15(24-2)10-8-14)22-18-6-4-3-5-16(17)18/h3-11,13H,1-2H3/t13-/m0/s1. The number of hydrogen-bond donors (Lipinski definition) is 0. The predicted molar refractivity (Wildman–Crippen MR) is 94.2 cm³/mol. The van der Waals surface area contributed by atoms with Crippen molar-refractivity contribution in [3.8, 4) is 23.1 Å². The molecule has 0 aliphatic carbocycles. The first-order chi connectivity index (χ1) is 12.1. The number of para-hydroxylation sites is 1. The second-order valence-corrected chi connectivity index (χ2v) is 5.48. The number of carbonyl (C=O) groups excluding carboxylic acids is 1. The van der Waals surface area contributed by atoms with Crippen LogP contribution in [0, 0.1) is 11.3 Å². The summed E-state index contributed by atoms with van der Waals surface area (Å²) in [4.78, 5) is 17.1. The van der Waals surface area contributed by atoms with Gasteiger partial charge >= 0.3 is 5.97 Å². The van der Waals surface area contributed by atoms with Gasteiger partial charge in [-0.1, -0.05) is 18.2 Å². The minimum absolute atomic E-state index is 0.388. The van der Waals surface area contributed by atoms with Crippen LogP contribution >= 0.6 is 0 Å². The largest absolute Gasteiger partial charge is 0.497 e. The molecule has 2 aromatic carbocycles. The first kappa shape index (κ1) is 16.5. The lowest BCUT2D eigenvalue weighted by Crippen LogP contribution is -2.14. The lowest BCUT2D eigenvalue weighted by molar-refractivity contribution is 0.0438. The van der Waals surface area contributed by atoms with Crippen molar-refractivity contribution in [2.75, 3.05) is 7.11 Å². The van der Waals surface area contributed by atoms with Crippen LogP contribution in [-0.4, -0.2) is 24.2 Å². The van der Waals surface area contributed by atoms with Crippen LogP contribution in [0.3, 0.4) is 0 Å². The van der Waals surface area contributed by atoms with E-state index in [1.54, 1.807) is 13.2 Å². The Kier molecular flexibility index (Phi) is 4.62. The van der Waals surface area contributed by atoms with Crippen LogP contribution in [0.5, 0.6) is 5.75 Å². The molecule has 0 unspecified atom stereocenters. The van der Waals surface area contributed by atoms with Gasteiger partial charge in [0.15, 0.2) is 6.10 Å². The number of carbonyl (C=O) groups is 1. The van der Waals surface area contributed by atoms with Crippen LogP contribution < -0.4 is 4.74 Å². The molecule has 0 aliphatic rings. The van der Waals surface area contributed by atoms with E-state index in [4.69, 9.17) is 14.7 Å². The number of hydrogen-bond acceptors (Lipinski definition) is 5. The smallest absolute Gasteiger partial charge is 0.340 e. The summed E-state index contributed by atoms with van der Waals surface area (Å²) in [5.74, 6) is 0.203. The lowest BCUT2D eigenvalue weighted by atomic mass is 10.0. The molecule has 25 heavy (non-hydrogen) atoms. The molecule has 124 valence electrons. The molecular weight excluding hydrogens is 316 g/mol. The Morgan fingerprint density at radius 1 is 1.16 bits per heavy atom. The Labute approximate surface area is 145 Å². The van der Waals surface area contributed by atoms with Crippen LogP contribution in [0.25, 0.3) is 22.2 Å². The van der Waals surface area contributed by atoms with E-state index in [-0.39, 0.29) is 0 Å². The van der Waals surface area contributed by atoms with Gasteiger partial charge < -0.3 is 9.47 Å². The van der Waals surface area contributed by atoms with Crippen LogP contribution in [0.4, 0.5) is 0 Å². The number of esters is 1. The minimum atomic E-state index is -0.816. The Morgan fingerprint density at radius 3 is 2.56 bits per heavy atom. The highest BCUT2D eigenvalue weighted by Crippen LogP contribution is 2.27. The number of benzene rings is 2. The molecule has 5 nitrogen and oxygen atoms in total. The van der Waals surface area contributed by atoms with Gasteiger partial charge in [0, 0.05) is 10.9 Å². The summed E-state index contributed by atoms with van der Waals surface area (Å²) in [6.45, 7) is 1.53. The van der Waals surface area contributed by atoms with Crippen LogP contribution in [0.15, 0.2) is 54.6 Å². The molecule has 0 bridgehead atoms. The molecule has 0 saturated heterocycles. The SMILES string of the molecule is COc1ccc(-c2cc(C(=O)O[C@@H](C)C#N)c3ccccc3n2)cc1. The van der Waals surface area contributed by atoms with Gasteiger partial charge in [0.1, 0.15) is 11.8 Å². The number of methoxy groups -OCH3 is 1. The Hall–Kier alpha value is -3.39. The quantitative estimate of drug-likeness (QED) is 0.676. The molecule has 0 amide bonds. The van der Waals surface area contributed by atoms with Crippen molar-refractivity contribution < 1.29 is 14.3 Å². The number of nitrogens with zero attached hydrogens (tertiary/aromatic N) is 2. The molecule has 0 aliphatic heterocycles. The van der Waals surface area contributed by atoms with Gasteiger partial charge in [-0.3, -0.25) is 0 Å². The van der Waals surface area contributed by atoms with Gasteiger partial charge in [0.25, 0.3) is 0 Å². The maximum atomic E-state index is 12.5. The second-order valence-electron chi connectivity index (χ2n) is 5.48. The number of fused-ring (bicyclic) bond motifs is 1. The molecular formula is C20H16N2O3. The van der Waals surface area contributed by atoms with Crippen molar-refractivity contribution >= 4 is 16.9 Å². The van der Waals surface area contributed by atoms with Crippen molar-refractivity contribution in [1.82, 2.24) is 4.98 Å². The Balaban J connectivity index is 2.11. The van der Waals surface area contributed by atoms with E-state index in [2.05, 4.69) is 4.98 Å². The third-order valence-corrected chi connectivity index (χ3v) is 3.79. The molecule has 0 radical (unpaired) electrons. The van der Waals surface area contributed by atoms with Gasteiger partial charge in [0.05, 0.1) is 23.9 Å². The average molecular weight is 332 g/mol. The van der Waals surface area contributed by atoms with Crippen LogP contribution in [0.2, 0.25) is 0 Å². The molecule has 0 fully saturated rings. The number of ether oxygens (including phenoxy) is 2. The topological polar surface area (TPSA) is 72.2 Å². The fourth-order valence-corrected chi connectivity index (χ4v) is 2.50. The molecule has 0 N–H and O–H groups in total. The van der Waals surface area contributed by atoms with E-state index >= 15 is 0 Å². The Bertz CT molecular complexity index is 959. The van der Waals surface area contributed by atoms with E-state index in [9.17, 15) is 4.79 Å². The fraction of sp³-hybridized carbons (Fsp3) is 0.150. The van der Waals surface area contributed by atoms with Crippen molar-refractivity contribution in [3.63, 3.8) is 0 Å². The summed E-state index contributed by atoms with van der Waals surface area (Å²) < 4.78 is 10.3. The first-order valence-corrected chi connectivity index (χ1v) is 7.77. The molecule has 3 aromatic rings. The van der Waals surface area contributed by atoms with Gasteiger partial charge in [-0.25, -0.2) is 9.78 Å². The summed E-state index contributed by atoms with van der Waals surface area (Å²) in [6.07, 6.45) is -0.816. The van der Waals surface area contributed by atoms with E-state index in [1.165, 1.54) is 6.92 Å². The second kappa shape index (κ2) is 7.02. The molecule has 3 rings (SSSR count). The highest BCUT2D eigenvalue weighted by atomic mass is 16.5. The van der Waals surface area contributed by atoms with E-state index < -0.39 is 12.1 Å². The molecule has 1 aromatic heterocycles. The molecule has 1 atom stereocenters. The summed E-state index contributed by atoms with van der Waals surface area (Å²) in [7, 11) is 1.60. The monoisotopic (exact) mass is 332 g/mol. The van der Waals surface area contributed by atoms with Gasteiger partial charge in [-0.2, -0.15) is 5.26 Å². The third-order valence-electron chi connectivity index (χ3n) is 3.79. The highest BCUT2D eigenvalue weighted by molar-refractivity contribution is 6.04. The molecule has 0 spiro atoms. The van der Waals surface area contributed by atoms with Crippen molar-refractivity contribution in [2.24, 2.45) is 0 Å². The van der Waals surface area contributed by atoms with Gasteiger partial charge in [0.2, 0.25) is 0 Å². The van der Waals surface area contributed by atoms with Crippen molar-refractivity contribution in [1.29, 1.82) is 5.26 Å². The Morgan fingerprint density at radius 2 is 1.88 bits per heavy atom. The average Bonchev–Trinajstić information content (AvgIpc) is 2.67. The maximum absolute atomic E-state index is 12.5. The number of pyridine rings is 1. The summed E-state index contributed by atoms with van der Waals surface area (Å²) in [6, 6.07) is 18.4. The van der Waals surface area contributed by atoms with E-state index in [0.29, 0.717) is 22.2 Å². The number of nitriles is 1. The molecule has 0 saturated carbocycles. The number of aromatic nitrogens is 1. The van der Waals surface area contributed by atoms with E-state index in [1.807, 2.05) is 54.6 Å². The predicted octanol–water partition coefficient (Wildman–Crippen LogP) is 3.98. The number of rotatable bonds is 4. The molecule has 5 heteroatoms.